The summed E-state index contributed by atoms with van der Waals surface area (Å²) in [7, 11) is 1.83. The van der Waals surface area contributed by atoms with Gasteiger partial charge in [0.05, 0.1) is 5.69 Å². The number of hydrogen-bond acceptors (Lipinski definition) is 1. The zero-order valence-electron chi connectivity index (χ0n) is 20.0. The van der Waals surface area contributed by atoms with Crippen molar-refractivity contribution in [2.45, 2.75) is 59.3 Å². The molecule has 0 aliphatic rings. The van der Waals surface area contributed by atoms with E-state index in [9.17, 15) is 8.78 Å². The van der Waals surface area contributed by atoms with Gasteiger partial charge in [0.25, 0.3) is 0 Å². The summed E-state index contributed by atoms with van der Waals surface area (Å²) in [5, 5.41) is 0. The SMILES string of the molecule is CC.CCCCCCCCN(C)c1ccc(-c2ccc(-c3ccccc3)cc2)c(F)c1F. The molecule has 0 amide bonds. The molecule has 0 radical (unpaired) electrons. The molecule has 0 aromatic heterocycles. The third-order valence-corrected chi connectivity index (χ3v) is 5.62. The average Bonchev–Trinajstić information content (AvgIpc) is 2.85. The molecule has 0 heterocycles. The Hall–Kier alpha value is -2.68. The van der Waals surface area contributed by atoms with E-state index >= 15 is 0 Å². The maximum atomic E-state index is 14.9. The standard InChI is InChI=1S/C27H31F2N.C2H6/c1-3-4-5-6-7-11-20-30(2)25-19-18-24(26(28)27(25)29)23-16-14-22(15-17-23)21-12-9-8-10-13-21;1-2/h8-10,12-19H,3-7,11,20H2,1-2H3;1-2H3. The number of nitrogens with zero attached hydrogens (tertiary/aromatic N) is 1. The molecule has 0 saturated carbocycles. The van der Waals surface area contributed by atoms with Crippen LogP contribution in [0.3, 0.4) is 0 Å². The summed E-state index contributed by atoms with van der Waals surface area (Å²) in [6.45, 7) is 6.93. The molecule has 3 aromatic rings. The minimum Gasteiger partial charge on any atom is -0.372 e. The lowest BCUT2D eigenvalue weighted by molar-refractivity contribution is 0.509. The number of halogens is 2. The molecule has 0 unspecified atom stereocenters. The Morgan fingerprint density at radius 2 is 1.19 bits per heavy atom. The van der Waals surface area contributed by atoms with Crippen LogP contribution in [0.2, 0.25) is 0 Å². The van der Waals surface area contributed by atoms with Crippen LogP contribution in [0.15, 0.2) is 66.7 Å². The Bertz CT molecular complexity index is 920. The third-order valence-electron chi connectivity index (χ3n) is 5.62. The molecule has 0 N–H and O–H groups in total. The summed E-state index contributed by atoms with van der Waals surface area (Å²) < 4.78 is 29.7. The summed E-state index contributed by atoms with van der Waals surface area (Å²) in [5.41, 5.74) is 3.45. The van der Waals surface area contributed by atoms with Crippen LogP contribution in [0.25, 0.3) is 22.3 Å². The van der Waals surface area contributed by atoms with Crippen molar-refractivity contribution in [3.05, 3.63) is 78.4 Å². The molecule has 3 heteroatoms. The molecular weight excluding hydrogens is 400 g/mol. The highest BCUT2D eigenvalue weighted by Gasteiger charge is 2.17. The van der Waals surface area contributed by atoms with Crippen molar-refractivity contribution < 1.29 is 8.78 Å². The van der Waals surface area contributed by atoms with Crippen molar-refractivity contribution in [2.75, 3.05) is 18.5 Å². The molecule has 0 spiro atoms. The van der Waals surface area contributed by atoms with Gasteiger partial charge in [0.15, 0.2) is 11.6 Å². The van der Waals surface area contributed by atoms with E-state index in [1.807, 2.05) is 80.4 Å². The van der Waals surface area contributed by atoms with Crippen LogP contribution in [0.5, 0.6) is 0 Å². The normalized spacial score (nSPS) is 10.4. The third kappa shape index (κ3) is 6.91. The van der Waals surface area contributed by atoms with Crippen LogP contribution < -0.4 is 4.90 Å². The molecule has 0 aliphatic carbocycles. The molecule has 0 atom stereocenters. The summed E-state index contributed by atoms with van der Waals surface area (Å²) in [4.78, 5) is 1.82. The Morgan fingerprint density at radius 3 is 1.84 bits per heavy atom. The van der Waals surface area contributed by atoms with E-state index in [1.165, 1.54) is 25.7 Å². The van der Waals surface area contributed by atoms with Crippen LogP contribution >= 0.6 is 0 Å². The van der Waals surface area contributed by atoms with Gasteiger partial charge in [-0.25, -0.2) is 8.78 Å². The van der Waals surface area contributed by atoms with Gasteiger partial charge in [0.1, 0.15) is 0 Å². The lowest BCUT2D eigenvalue weighted by Gasteiger charge is -2.21. The summed E-state index contributed by atoms with van der Waals surface area (Å²) >= 11 is 0. The highest BCUT2D eigenvalue weighted by Crippen LogP contribution is 2.31. The minimum absolute atomic E-state index is 0.295. The van der Waals surface area contributed by atoms with Gasteiger partial charge in [-0.2, -0.15) is 0 Å². The molecular formula is C29H37F2N. The molecule has 0 saturated heterocycles. The van der Waals surface area contributed by atoms with Gasteiger partial charge in [-0.1, -0.05) is 107 Å². The average molecular weight is 438 g/mol. The molecule has 3 aromatic carbocycles. The van der Waals surface area contributed by atoms with E-state index in [0.29, 0.717) is 16.8 Å². The van der Waals surface area contributed by atoms with Crippen molar-refractivity contribution in [1.82, 2.24) is 0 Å². The molecule has 3 rings (SSSR count). The fraction of sp³-hybridized carbons (Fsp3) is 0.379. The van der Waals surface area contributed by atoms with Gasteiger partial charge in [0.2, 0.25) is 0 Å². The van der Waals surface area contributed by atoms with E-state index in [2.05, 4.69) is 6.92 Å². The predicted octanol–water partition coefficient (Wildman–Crippen LogP) is 9.12. The second-order valence-electron chi connectivity index (χ2n) is 7.89. The molecule has 1 nitrogen and oxygen atoms in total. The van der Waals surface area contributed by atoms with Gasteiger partial charge in [-0.3, -0.25) is 0 Å². The molecule has 0 fully saturated rings. The van der Waals surface area contributed by atoms with Crippen molar-refractivity contribution >= 4 is 5.69 Å². The second-order valence-corrected chi connectivity index (χ2v) is 7.89. The minimum atomic E-state index is -0.783. The number of anilines is 1. The van der Waals surface area contributed by atoms with Crippen LogP contribution in [0, 0.1) is 11.6 Å². The maximum Gasteiger partial charge on any atom is 0.182 e. The quantitative estimate of drug-likeness (QED) is 0.286. The largest absolute Gasteiger partial charge is 0.372 e. The van der Waals surface area contributed by atoms with Crippen molar-refractivity contribution in [3.8, 4) is 22.3 Å². The van der Waals surface area contributed by atoms with E-state index in [0.717, 1.165) is 30.5 Å². The van der Waals surface area contributed by atoms with E-state index < -0.39 is 11.6 Å². The Balaban J connectivity index is 0.00000176. The molecule has 0 aliphatic heterocycles. The highest BCUT2D eigenvalue weighted by atomic mass is 19.2. The van der Waals surface area contributed by atoms with E-state index in [1.54, 1.807) is 12.1 Å². The zero-order chi connectivity index (χ0) is 23.3. The van der Waals surface area contributed by atoms with Gasteiger partial charge < -0.3 is 4.90 Å². The molecule has 32 heavy (non-hydrogen) atoms. The summed E-state index contributed by atoms with van der Waals surface area (Å²) in [5.74, 6) is -1.55. The van der Waals surface area contributed by atoms with Gasteiger partial charge in [-0.15, -0.1) is 0 Å². The van der Waals surface area contributed by atoms with Crippen LogP contribution in [-0.4, -0.2) is 13.6 Å². The van der Waals surface area contributed by atoms with Crippen LogP contribution in [-0.2, 0) is 0 Å². The zero-order valence-corrected chi connectivity index (χ0v) is 20.0. The Labute approximate surface area is 193 Å². The first-order valence-electron chi connectivity index (χ1n) is 12.0. The van der Waals surface area contributed by atoms with Gasteiger partial charge >= 0.3 is 0 Å². The van der Waals surface area contributed by atoms with Gasteiger partial charge in [-0.05, 0) is 35.2 Å². The fourth-order valence-electron chi connectivity index (χ4n) is 3.78. The Kier molecular flexibility index (Phi) is 10.9. The summed E-state index contributed by atoms with van der Waals surface area (Å²) in [6.07, 6.45) is 7.07. The van der Waals surface area contributed by atoms with E-state index in [4.69, 9.17) is 0 Å². The second kappa shape index (κ2) is 13.7. The first kappa shape index (κ1) is 25.6. The molecule has 172 valence electrons. The number of rotatable bonds is 10. The summed E-state index contributed by atoms with van der Waals surface area (Å²) in [6, 6.07) is 21.0. The molecule has 0 bridgehead atoms. The highest BCUT2D eigenvalue weighted by molar-refractivity contribution is 5.72. The monoisotopic (exact) mass is 437 g/mol. The lowest BCUT2D eigenvalue weighted by Crippen LogP contribution is -2.20. The van der Waals surface area contributed by atoms with Crippen LogP contribution in [0.4, 0.5) is 14.5 Å². The smallest absolute Gasteiger partial charge is 0.182 e. The Morgan fingerprint density at radius 1 is 0.625 bits per heavy atom. The van der Waals surface area contributed by atoms with Gasteiger partial charge in [0, 0.05) is 19.2 Å². The maximum absolute atomic E-state index is 14.9. The van der Waals surface area contributed by atoms with Crippen molar-refractivity contribution in [2.24, 2.45) is 0 Å². The van der Waals surface area contributed by atoms with Crippen molar-refractivity contribution in [3.63, 3.8) is 0 Å². The number of unbranched alkanes of at least 4 members (excludes halogenated alkanes) is 5. The fourth-order valence-corrected chi connectivity index (χ4v) is 3.78. The lowest BCUT2D eigenvalue weighted by atomic mass is 9.99. The van der Waals surface area contributed by atoms with Crippen LogP contribution in [0.1, 0.15) is 59.3 Å². The first-order valence-corrected chi connectivity index (χ1v) is 12.0. The predicted molar refractivity (Wildman–Crippen MR) is 135 cm³/mol. The first-order chi connectivity index (χ1) is 15.6. The number of benzene rings is 3. The number of hydrogen-bond donors (Lipinski definition) is 0. The topological polar surface area (TPSA) is 3.24 Å². The van der Waals surface area contributed by atoms with E-state index in [-0.39, 0.29) is 0 Å². The van der Waals surface area contributed by atoms with Crippen molar-refractivity contribution in [1.29, 1.82) is 0 Å².